The van der Waals surface area contributed by atoms with Gasteiger partial charge in [0, 0.05) is 18.7 Å². The standard InChI is InChI=1S/C13H19FN2O2/c1-3-18-13(17)9-16(2)8-11-5-4-10(7-15)6-12(11)14/h4-6H,3,7-9,15H2,1-2H3. The van der Waals surface area contributed by atoms with Crippen LogP contribution in [0.4, 0.5) is 4.39 Å². The zero-order chi connectivity index (χ0) is 13.5. The number of hydrogen-bond acceptors (Lipinski definition) is 4. The van der Waals surface area contributed by atoms with E-state index in [2.05, 4.69) is 0 Å². The molecule has 0 aliphatic rings. The van der Waals surface area contributed by atoms with Crippen LogP contribution >= 0.6 is 0 Å². The SMILES string of the molecule is CCOC(=O)CN(C)Cc1ccc(CN)cc1F. The first-order valence-electron chi connectivity index (χ1n) is 5.88. The van der Waals surface area contributed by atoms with Crippen molar-refractivity contribution in [3.63, 3.8) is 0 Å². The average molecular weight is 254 g/mol. The zero-order valence-electron chi connectivity index (χ0n) is 10.8. The molecule has 1 aromatic rings. The first kappa shape index (κ1) is 14.6. The molecule has 0 aromatic heterocycles. The van der Waals surface area contributed by atoms with Gasteiger partial charge in [-0.05, 0) is 25.6 Å². The molecule has 5 heteroatoms. The van der Waals surface area contributed by atoms with E-state index in [9.17, 15) is 9.18 Å². The third-order valence-corrected chi connectivity index (χ3v) is 2.50. The number of hydrogen-bond donors (Lipinski definition) is 1. The van der Waals surface area contributed by atoms with Crippen molar-refractivity contribution in [3.8, 4) is 0 Å². The second-order valence-electron chi connectivity index (χ2n) is 4.11. The molecule has 0 atom stereocenters. The lowest BCUT2D eigenvalue weighted by Gasteiger charge is -2.16. The third kappa shape index (κ3) is 4.43. The summed E-state index contributed by atoms with van der Waals surface area (Å²) in [5.41, 5.74) is 6.73. The van der Waals surface area contributed by atoms with Crippen molar-refractivity contribution in [2.24, 2.45) is 5.73 Å². The van der Waals surface area contributed by atoms with Crippen molar-refractivity contribution in [1.29, 1.82) is 0 Å². The summed E-state index contributed by atoms with van der Waals surface area (Å²) >= 11 is 0. The van der Waals surface area contributed by atoms with E-state index in [-0.39, 0.29) is 18.3 Å². The van der Waals surface area contributed by atoms with Crippen molar-refractivity contribution in [2.45, 2.75) is 20.0 Å². The molecule has 0 saturated carbocycles. The zero-order valence-corrected chi connectivity index (χ0v) is 10.8. The number of ether oxygens (including phenoxy) is 1. The molecule has 1 rings (SSSR count). The lowest BCUT2D eigenvalue weighted by Crippen LogP contribution is -2.27. The maximum Gasteiger partial charge on any atom is 0.320 e. The van der Waals surface area contributed by atoms with Crippen LogP contribution in [0.2, 0.25) is 0 Å². The Morgan fingerprint density at radius 2 is 2.22 bits per heavy atom. The Morgan fingerprint density at radius 1 is 1.50 bits per heavy atom. The first-order chi connectivity index (χ1) is 8.56. The summed E-state index contributed by atoms with van der Waals surface area (Å²) in [6.07, 6.45) is 0. The minimum absolute atomic E-state index is 0.145. The lowest BCUT2D eigenvalue weighted by molar-refractivity contribution is -0.144. The molecule has 4 nitrogen and oxygen atoms in total. The van der Waals surface area contributed by atoms with Crippen molar-refractivity contribution in [3.05, 3.63) is 35.1 Å². The van der Waals surface area contributed by atoms with E-state index in [1.807, 2.05) is 0 Å². The van der Waals surface area contributed by atoms with Crippen LogP contribution in [0, 0.1) is 5.82 Å². The van der Waals surface area contributed by atoms with Crippen LogP contribution in [-0.2, 0) is 22.6 Å². The molecular formula is C13H19FN2O2. The number of nitrogens with two attached hydrogens (primary N) is 1. The topological polar surface area (TPSA) is 55.6 Å². The Kier molecular flexibility index (Phi) is 5.74. The highest BCUT2D eigenvalue weighted by atomic mass is 19.1. The molecule has 18 heavy (non-hydrogen) atoms. The predicted octanol–water partition coefficient (Wildman–Crippen LogP) is 1.28. The average Bonchev–Trinajstić information content (AvgIpc) is 2.31. The number of carbonyl (C=O) groups excluding carboxylic acids is 1. The number of esters is 1. The van der Waals surface area contributed by atoms with Crippen molar-refractivity contribution < 1.29 is 13.9 Å². The highest BCUT2D eigenvalue weighted by Crippen LogP contribution is 2.12. The third-order valence-electron chi connectivity index (χ3n) is 2.50. The van der Waals surface area contributed by atoms with Crippen LogP contribution in [0.15, 0.2) is 18.2 Å². The number of halogens is 1. The van der Waals surface area contributed by atoms with Crippen LogP contribution in [0.1, 0.15) is 18.1 Å². The molecule has 0 saturated heterocycles. The Bertz CT molecular complexity index is 410. The van der Waals surface area contributed by atoms with Gasteiger partial charge in [-0.1, -0.05) is 12.1 Å². The molecule has 100 valence electrons. The molecule has 0 heterocycles. The van der Waals surface area contributed by atoms with Crippen molar-refractivity contribution in [1.82, 2.24) is 4.90 Å². The molecule has 0 unspecified atom stereocenters. The number of likely N-dealkylation sites (N-methyl/N-ethyl adjacent to an activating group) is 1. The van der Waals surface area contributed by atoms with E-state index < -0.39 is 0 Å². The van der Waals surface area contributed by atoms with E-state index in [1.165, 1.54) is 6.07 Å². The molecule has 0 fully saturated rings. The van der Waals surface area contributed by atoms with E-state index >= 15 is 0 Å². The van der Waals surface area contributed by atoms with E-state index in [1.54, 1.807) is 31.0 Å². The second kappa shape index (κ2) is 7.08. The van der Waals surface area contributed by atoms with Gasteiger partial charge in [-0.15, -0.1) is 0 Å². The van der Waals surface area contributed by atoms with Crippen LogP contribution in [0.25, 0.3) is 0 Å². The Balaban J connectivity index is 2.59. The molecule has 0 aliphatic heterocycles. The number of rotatable bonds is 6. The fourth-order valence-corrected chi connectivity index (χ4v) is 1.62. The summed E-state index contributed by atoms with van der Waals surface area (Å²) in [6, 6.07) is 4.91. The van der Waals surface area contributed by atoms with Crippen molar-refractivity contribution in [2.75, 3.05) is 20.2 Å². The summed E-state index contributed by atoms with van der Waals surface area (Å²) in [5, 5.41) is 0. The van der Waals surface area contributed by atoms with Gasteiger partial charge in [-0.2, -0.15) is 0 Å². The summed E-state index contributed by atoms with van der Waals surface area (Å²) in [6.45, 7) is 2.92. The van der Waals surface area contributed by atoms with Crippen LogP contribution in [-0.4, -0.2) is 31.1 Å². The maximum atomic E-state index is 13.7. The molecule has 0 radical (unpaired) electrons. The van der Waals surface area contributed by atoms with Crippen molar-refractivity contribution >= 4 is 5.97 Å². The van der Waals surface area contributed by atoms with Gasteiger partial charge in [0.2, 0.25) is 0 Å². The second-order valence-corrected chi connectivity index (χ2v) is 4.11. The van der Waals surface area contributed by atoms with E-state index in [0.29, 0.717) is 25.3 Å². The van der Waals surface area contributed by atoms with Gasteiger partial charge in [-0.25, -0.2) is 4.39 Å². The molecule has 0 bridgehead atoms. The fraction of sp³-hybridized carbons (Fsp3) is 0.462. The van der Waals surface area contributed by atoms with Crippen LogP contribution in [0.3, 0.4) is 0 Å². The number of benzene rings is 1. The highest BCUT2D eigenvalue weighted by molar-refractivity contribution is 5.71. The van der Waals surface area contributed by atoms with Crippen LogP contribution in [0.5, 0.6) is 0 Å². The largest absolute Gasteiger partial charge is 0.465 e. The monoisotopic (exact) mass is 254 g/mol. The predicted molar refractivity (Wildman–Crippen MR) is 67.3 cm³/mol. The molecular weight excluding hydrogens is 235 g/mol. The number of nitrogens with zero attached hydrogens (tertiary/aromatic N) is 1. The quantitative estimate of drug-likeness (QED) is 0.777. The van der Waals surface area contributed by atoms with Gasteiger partial charge >= 0.3 is 5.97 Å². The molecule has 1 aromatic carbocycles. The first-order valence-corrected chi connectivity index (χ1v) is 5.88. The summed E-state index contributed by atoms with van der Waals surface area (Å²) in [5.74, 6) is -0.604. The van der Waals surface area contributed by atoms with Gasteiger partial charge < -0.3 is 10.5 Å². The van der Waals surface area contributed by atoms with Gasteiger partial charge in [-0.3, -0.25) is 9.69 Å². The molecule has 0 aliphatic carbocycles. The Hall–Kier alpha value is -1.46. The maximum absolute atomic E-state index is 13.7. The number of carbonyl (C=O) groups is 1. The Labute approximate surface area is 107 Å². The lowest BCUT2D eigenvalue weighted by atomic mass is 10.1. The van der Waals surface area contributed by atoms with Gasteiger partial charge in [0.1, 0.15) is 5.82 Å². The molecule has 2 N–H and O–H groups in total. The summed E-state index contributed by atoms with van der Waals surface area (Å²) < 4.78 is 18.5. The minimum Gasteiger partial charge on any atom is -0.465 e. The Morgan fingerprint density at radius 3 is 2.78 bits per heavy atom. The van der Waals surface area contributed by atoms with Crippen LogP contribution < -0.4 is 5.73 Å². The summed E-state index contributed by atoms with van der Waals surface area (Å²) in [7, 11) is 1.74. The van der Waals surface area contributed by atoms with Gasteiger partial charge in [0.05, 0.1) is 13.2 Å². The smallest absolute Gasteiger partial charge is 0.320 e. The highest BCUT2D eigenvalue weighted by Gasteiger charge is 2.10. The minimum atomic E-state index is -0.306. The van der Waals surface area contributed by atoms with E-state index in [0.717, 1.165) is 5.56 Å². The molecule has 0 amide bonds. The normalized spacial score (nSPS) is 10.7. The molecule has 0 spiro atoms. The van der Waals surface area contributed by atoms with Gasteiger partial charge in [0.15, 0.2) is 0 Å². The fourth-order valence-electron chi connectivity index (χ4n) is 1.62. The van der Waals surface area contributed by atoms with E-state index in [4.69, 9.17) is 10.5 Å². The summed E-state index contributed by atoms with van der Waals surface area (Å²) in [4.78, 5) is 13.0. The van der Waals surface area contributed by atoms with Gasteiger partial charge in [0.25, 0.3) is 0 Å².